The Morgan fingerprint density at radius 1 is 1.04 bits per heavy atom. The van der Waals surface area contributed by atoms with E-state index < -0.39 is 0 Å². The van der Waals surface area contributed by atoms with Gasteiger partial charge in [-0.3, -0.25) is 9.59 Å². The number of amides is 1. The van der Waals surface area contributed by atoms with Crippen molar-refractivity contribution in [3.05, 3.63) is 88.3 Å². The Hall–Kier alpha value is -3.32. The van der Waals surface area contributed by atoms with Crippen LogP contribution in [0.4, 0.5) is 0 Å². The highest BCUT2D eigenvalue weighted by atomic mass is 32.1. The highest BCUT2D eigenvalue weighted by Gasteiger charge is 2.11. The van der Waals surface area contributed by atoms with E-state index in [1.165, 1.54) is 21.9 Å². The van der Waals surface area contributed by atoms with E-state index in [-0.39, 0.29) is 18.0 Å². The summed E-state index contributed by atoms with van der Waals surface area (Å²) in [7, 11) is 0. The monoisotopic (exact) mass is 376 g/mol. The van der Waals surface area contributed by atoms with Gasteiger partial charge in [0.15, 0.2) is 0 Å². The number of aromatic nitrogens is 3. The first-order chi connectivity index (χ1) is 13.2. The summed E-state index contributed by atoms with van der Waals surface area (Å²) >= 11 is 1.34. The minimum atomic E-state index is -0.259. The fourth-order valence-electron chi connectivity index (χ4n) is 2.68. The zero-order chi connectivity index (χ0) is 18.6. The van der Waals surface area contributed by atoms with Crippen molar-refractivity contribution in [1.29, 1.82) is 0 Å². The Balaban J connectivity index is 1.51. The third-order valence-corrected chi connectivity index (χ3v) is 4.95. The third kappa shape index (κ3) is 3.93. The molecule has 0 atom stereocenters. The Morgan fingerprint density at radius 3 is 2.48 bits per heavy atom. The highest BCUT2D eigenvalue weighted by molar-refractivity contribution is 7.19. The highest BCUT2D eigenvalue weighted by Crippen LogP contribution is 2.23. The summed E-state index contributed by atoms with van der Waals surface area (Å²) in [5.41, 5.74) is 2.13. The van der Waals surface area contributed by atoms with Gasteiger partial charge in [-0.15, -0.1) is 0 Å². The molecule has 1 N–H and O–H groups in total. The van der Waals surface area contributed by atoms with E-state index >= 15 is 0 Å². The molecular weight excluding hydrogens is 360 g/mol. The van der Waals surface area contributed by atoms with Crippen LogP contribution in [0.1, 0.15) is 11.3 Å². The van der Waals surface area contributed by atoms with Crippen LogP contribution in [-0.4, -0.2) is 20.5 Å². The molecule has 0 unspecified atom stereocenters. The van der Waals surface area contributed by atoms with E-state index in [9.17, 15) is 9.59 Å². The van der Waals surface area contributed by atoms with E-state index in [1.807, 2.05) is 60.7 Å². The third-order valence-electron chi connectivity index (χ3n) is 3.99. The average molecular weight is 376 g/mol. The Bertz CT molecular complexity index is 1140. The number of carbonyl (C=O) groups is 1. The van der Waals surface area contributed by atoms with Gasteiger partial charge in [0.1, 0.15) is 5.01 Å². The largest absolute Gasteiger partial charge is 0.350 e. The smallest absolute Gasteiger partial charge is 0.275 e. The van der Waals surface area contributed by atoms with Crippen molar-refractivity contribution in [2.45, 2.75) is 13.0 Å². The summed E-state index contributed by atoms with van der Waals surface area (Å²) in [4.78, 5) is 29.4. The van der Waals surface area contributed by atoms with E-state index in [1.54, 1.807) is 0 Å². The molecule has 6 nitrogen and oxygen atoms in total. The lowest BCUT2D eigenvalue weighted by Crippen LogP contribution is -2.26. The van der Waals surface area contributed by atoms with Crippen molar-refractivity contribution >= 4 is 22.2 Å². The zero-order valence-electron chi connectivity index (χ0n) is 14.3. The summed E-state index contributed by atoms with van der Waals surface area (Å²) in [6, 6.07) is 20.6. The lowest BCUT2D eigenvalue weighted by molar-refractivity contribution is -0.120. The van der Waals surface area contributed by atoms with Crippen molar-refractivity contribution in [3.63, 3.8) is 0 Å². The number of carbonyl (C=O) groups excluding carboxylic acids is 1. The summed E-state index contributed by atoms with van der Waals surface area (Å²) in [5, 5.41) is 7.89. The molecule has 2 heterocycles. The van der Waals surface area contributed by atoms with Crippen LogP contribution in [0.25, 0.3) is 15.5 Å². The van der Waals surface area contributed by atoms with Crippen LogP contribution in [0.3, 0.4) is 0 Å². The molecule has 2 aromatic carbocycles. The standard InChI is InChI=1S/C20H16N4O2S/c25-17(11-14-7-3-1-4-8-14)21-13-16-12-18(26)24-20(22-16)27-19(23-24)15-9-5-2-6-10-15/h1-10,12H,11,13H2,(H,21,25). The maximum atomic E-state index is 12.3. The summed E-state index contributed by atoms with van der Waals surface area (Å²) in [6.45, 7) is 0.204. The van der Waals surface area contributed by atoms with Gasteiger partial charge in [0.2, 0.25) is 10.9 Å². The van der Waals surface area contributed by atoms with Gasteiger partial charge in [-0.05, 0) is 5.56 Å². The SMILES string of the molecule is O=C(Cc1ccccc1)NCc1cc(=O)n2nc(-c3ccccc3)sc2n1. The first-order valence-electron chi connectivity index (χ1n) is 8.45. The molecule has 0 aliphatic carbocycles. The van der Waals surface area contributed by atoms with E-state index in [2.05, 4.69) is 15.4 Å². The van der Waals surface area contributed by atoms with Crippen LogP contribution in [0.5, 0.6) is 0 Å². The van der Waals surface area contributed by atoms with Crippen molar-refractivity contribution in [3.8, 4) is 10.6 Å². The summed E-state index contributed by atoms with van der Waals surface area (Å²) in [6.07, 6.45) is 0.292. The molecule has 0 bridgehead atoms. The first kappa shape index (κ1) is 17.1. The fraction of sp³-hybridized carbons (Fsp3) is 0.100. The Morgan fingerprint density at radius 2 is 1.74 bits per heavy atom. The van der Waals surface area contributed by atoms with Crippen molar-refractivity contribution in [2.75, 3.05) is 0 Å². The van der Waals surface area contributed by atoms with Crippen LogP contribution in [0, 0.1) is 0 Å². The second-order valence-corrected chi connectivity index (χ2v) is 6.95. The molecule has 1 amide bonds. The predicted molar refractivity (Wildman–Crippen MR) is 105 cm³/mol. The quantitative estimate of drug-likeness (QED) is 0.581. The van der Waals surface area contributed by atoms with Crippen LogP contribution in [0.2, 0.25) is 0 Å². The van der Waals surface area contributed by atoms with Gasteiger partial charge in [-0.1, -0.05) is 72.0 Å². The average Bonchev–Trinajstić information content (AvgIpc) is 3.13. The zero-order valence-corrected chi connectivity index (χ0v) is 15.1. The molecular formula is C20H16N4O2S. The van der Waals surface area contributed by atoms with Crippen LogP contribution in [0.15, 0.2) is 71.5 Å². The van der Waals surface area contributed by atoms with Crippen molar-refractivity contribution in [1.82, 2.24) is 19.9 Å². The predicted octanol–water partition coefficient (Wildman–Crippen LogP) is 2.68. The number of fused-ring (bicyclic) bond motifs is 1. The van der Waals surface area contributed by atoms with E-state index in [0.717, 1.165) is 16.1 Å². The maximum absolute atomic E-state index is 12.3. The molecule has 0 aliphatic heterocycles. The Labute approximate surface area is 159 Å². The lowest BCUT2D eigenvalue weighted by atomic mass is 10.1. The van der Waals surface area contributed by atoms with Gasteiger partial charge in [0.05, 0.1) is 18.7 Å². The number of benzene rings is 2. The molecule has 0 saturated carbocycles. The number of nitrogens with one attached hydrogen (secondary N) is 1. The minimum Gasteiger partial charge on any atom is -0.350 e. The molecule has 0 spiro atoms. The summed E-state index contributed by atoms with van der Waals surface area (Å²) < 4.78 is 1.29. The fourth-order valence-corrected chi connectivity index (χ4v) is 3.61. The normalized spacial score (nSPS) is 10.8. The Kier molecular flexibility index (Phi) is 4.76. The lowest BCUT2D eigenvalue weighted by Gasteiger charge is -2.04. The van der Waals surface area contributed by atoms with Gasteiger partial charge in [-0.25, -0.2) is 4.98 Å². The van der Waals surface area contributed by atoms with Crippen molar-refractivity contribution < 1.29 is 4.79 Å². The number of hydrogen-bond donors (Lipinski definition) is 1. The van der Waals surface area contributed by atoms with Crippen LogP contribution in [-0.2, 0) is 17.8 Å². The van der Waals surface area contributed by atoms with Gasteiger partial charge in [-0.2, -0.15) is 9.61 Å². The molecule has 27 heavy (non-hydrogen) atoms. The number of hydrogen-bond acceptors (Lipinski definition) is 5. The second-order valence-electron chi connectivity index (χ2n) is 5.99. The molecule has 0 radical (unpaired) electrons. The van der Waals surface area contributed by atoms with Gasteiger partial charge in [0.25, 0.3) is 5.56 Å². The molecule has 0 fully saturated rings. The molecule has 0 aliphatic rings. The molecule has 0 saturated heterocycles. The van der Waals surface area contributed by atoms with E-state index in [0.29, 0.717) is 17.1 Å². The molecule has 2 aromatic heterocycles. The number of rotatable bonds is 5. The van der Waals surface area contributed by atoms with Crippen LogP contribution < -0.4 is 10.9 Å². The van der Waals surface area contributed by atoms with Gasteiger partial charge < -0.3 is 5.32 Å². The van der Waals surface area contributed by atoms with E-state index in [4.69, 9.17) is 0 Å². The molecule has 4 aromatic rings. The first-order valence-corrected chi connectivity index (χ1v) is 9.26. The second kappa shape index (κ2) is 7.51. The van der Waals surface area contributed by atoms with Crippen LogP contribution >= 0.6 is 11.3 Å². The molecule has 134 valence electrons. The van der Waals surface area contributed by atoms with Gasteiger partial charge >= 0.3 is 0 Å². The maximum Gasteiger partial charge on any atom is 0.275 e. The molecule has 7 heteroatoms. The minimum absolute atomic E-state index is 0.113. The van der Waals surface area contributed by atoms with Crippen molar-refractivity contribution in [2.24, 2.45) is 0 Å². The summed E-state index contributed by atoms with van der Waals surface area (Å²) in [5.74, 6) is -0.113. The molecule has 4 rings (SSSR count). The topological polar surface area (TPSA) is 76.4 Å². The van der Waals surface area contributed by atoms with Gasteiger partial charge in [0, 0.05) is 11.6 Å². The number of nitrogens with zero attached hydrogens (tertiary/aromatic N) is 3.